The van der Waals surface area contributed by atoms with Crippen LogP contribution in [0.25, 0.3) is 0 Å². The molecule has 1 unspecified atom stereocenters. The van der Waals surface area contributed by atoms with Crippen LogP contribution in [0.15, 0.2) is 41.7 Å². The normalized spacial score (nSPS) is 21.1. The summed E-state index contributed by atoms with van der Waals surface area (Å²) in [4.78, 5) is 19.1. The van der Waals surface area contributed by atoms with E-state index in [1.165, 1.54) is 6.07 Å². The first-order valence-electron chi connectivity index (χ1n) is 6.11. The van der Waals surface area contributed by atoms with Crippen molar-refractivity contribution in [3.8, 4) is 0 Å². The minimum absolute atomic E-state index is 0.0499. The van der Waals surface area contributed by atoms with Gasteiger partial charge in [-0.2, -0.15) is 0 Å². The Bertz CT molecular complexity index is 721. The number of imidazole rings is 1. The standard InChI is InChI=1S/C13H13N5O2/c1-13(9-3-2-4-10(7-9)18(19)20)8-17-6-5-15-12(17)11(14)16-13/h2-7H,8H2,1H3,(H2,14,16). The van der Waals surface area contributed by atoms with Gasteiger partial charge in [-0.1, -0.05) is 12.1 Å². The van der Waals surface area contributed by atoms with Gasteiger partial charge in [-0.25, -0.2) is 4.98 Å². The Hall–Kier alpha value is -2.70. The van der Waals surface area contributed by atoms with Crippen LogP contribution in [0.5, 0.6) is 0 Å². The zero-order valence-corrected chi connectivity index (χ0v) is 10.9. The number of nitrogens with zero attached hydrogens (tertiary/aromatic N) is 4. The fourth-order valence-corrected chi connectivity index (χ4v) is 2.46. The first kappa shape index (κ1) is 12.3. The van der Waals surface area contributed by atoms with E-state index in [0.29, 0.717) is 18.2 Å². The maximum Gasteiger partial charge on any atom is 0.269 e. The molecule has 7 nitrogen and oxygen atoms in total. The number of benzene rings is 1. The van der Waals surface area contributed by atoms with Crippen molar-refractivity contribution in [3.05, 3.63) is 58.2 Å². The summed E-state index contributed by atoms with van der Waals surface area (Å²) in [5.74, 6) is 0.975. The summed E-state index contributed by atoms with van der Waals surface area (Å²) in [6.45, 7) is 2.45. The fraction of sp³-hybridized carbons (Fsp3) is 0.231. The molecule has 1 atom stereocenters. The summed E-state index contributed by atoms with van der Waals surface area (Å²) >= 11 is 0. The molecular weight excluding hydrogens is 258 g/mol. The highest BCUT2D eigenvalue weighted by Crippen LogP contribution is 2.32. The summed E-state index contributed by atoms with van der Waals surface area (Å²) in [6.07, 6.45) is 3.49. The van der Waals surface area contributed by atoms with E-state index in [2.05, 4.69) is 9.98 Å². The van der Waals surface area contributed by atoms with Crippen molar-refractivity contribution in [1.29, 1.82) is 0 Å². The molecule has 102 valence electrons. The van der Waals surface area contributed by atoms with E-state index in [0.717, 1.165) is 5.56 Å². The maximum atomic E-state index is 10.9. The Balaban J connectivity index is 2.08. The highest BCUT2D eigenvalue weighted by atomic mass is 16.6. The van der Waals surface area contributed by atoms with Gasteiger partial charge in [0, 0.05) is 24.5 Å². The number of aromatic nitrogens is 2. The Morgan fingerprint density at radius 2 is 2.30 bits per heavy atom. The average Bonchev–Trinajstić information content (AvgIpc) is 2.87. The predicted molar refractivity (Wildman–Crippen MR) is 73.4 cm³/mol. The van der Waals surface area contributed by atoms with Gasteiger partial charge in [0.15, 0.2) is 11.7 Å². The van der Waals surface area contributed by atoms with E-state index in [1.54, 1.807) is 18.3 Å². The number of fused-ring (bicyclic) bond motifs is 1. The molecule has 0 amide bonds. The Morgan fingerprint density at radius 1 is 1.50 bits per heavy atom. The number of nitro groups is 1. The highest BCUT2D eigenvalue weighted by Gasteiger charge is 2.33. The first-order valence-corrected chi connectivity index (χ1v) is 6.11. The minimum Gasteiger partial charge on any atom is -0.381 e. The molecule has 1 aliphatic rings. The molecule has 7 heteroatoms. The van der Waals surface area contributed by atoms with E-state index >= 15 is 0 Å². The van der Waals surface area contributed by atoms with Crippen LogP contribution in [0, 0.1) is 10.1 Å². The lowest BCUT2D eigenvalue weighted by molar-refractivity contribution is -0.385. The van der Waals surface area contributed by atoms with Crippen LogP contribution < -0.4 is 5.73 Å². The van der Waals surface area contributed by atoms with Crippen molar-refractivity contribution in [2.24, 2.45) is 10.7 Å². The molecule has 0 radical (unpaired) electrons. The van der Waals surface area contributed by atoms with Crippen LogP contribution in [0.4, 0.5) is 5.69 Å². The van der Waals surface area contributed by atoms with Gasteiger partial charge < -0.3 is 10.3 Å². The lowest BCUT2D eigenvalue weighted by Crippen LogP contribution is -2.37. The van der Waals surface area contributed by atoms with E-state index < -0.39 is 10.5 Å². The molecule has 0 saturated carbocycles. The molecule has 3 rings (SSSR count). The molecule has 2 N–H and O–H groups in total. The molecule has 2 aromatic rings. The molecular formula is C13H13N5O2. The summed E-state index contributed by atoms with van der Waals surface area (Å²) in [5.41, 5.74) is 6.11. The van der Waals surface area contributed by atoms with Gasteiger partial charge in [-0.3, -0.25) is 15.1 Å². The van der Waals surface area contributed by atoms with Crippen LogP contribution in [0.3, 0.4) is 0 Å². The lowest BCUT2D eigenvalue weighted by Gasteiger charge is -2.31. The van der Waals surface area contributed by atoms with E-state index in [9.17, 15) is 10.1 Å². The lowest BCUT2D eigenvalue weighted by atomic mass is 9.91. The average molecular weight is 271 g/mol. The monoisotopic (exact) mass is 271 g/mol. The smallest absolute Gasteiger partial charge is 0.269 e. The van der Waals surface area contributed by atoms with Crippen molar-refractivity contribution in [2.75, 3.05) is 0 Å². The minimum atomic E-state index is -0.635. The van der Waals surface area contributed by atoms with Crippen molar-refractivity contribution in [2.45, 2.75) is 19.0 Å². The zero-order chi connectivity index (χ0) is 14.3. The number of non-ortho nitro benzene ring substituents is 1. The number of hydrogen-bond acceptors (Lipinski definition) is 5. The second kappa shape index (κ2) is 4.16. The SMILES string of the molecule is CC1(c2cccc([N+](=O)[O-])c2)Cn2ccnc2C(N)=N1. The number of nitro benzene ring substituents is 1. The number of hydrogen-bond donors (Lipinski definition) is 1. The molecule has 1 aromatic carbocycles. The number of rotatable bonds is 2. The largest absolute Gasteiger partial charge is 0.381 e. The first-order chi connectivity index (χ1) is 9.49. The summed E-state index contributed by atoms with van der Waals surface area (Å²) in [6, 6.07) is 6.49. The van der Waals surface area contributed by atoms with Crippen molar-refractivity contribution in [3.63, 3.8) is 0 Å². The van der Waals surface area contributed by atoms with Crippen LogP contribution in [-0.2, 0) is 12.1 Å². The molecule has 20 heavy (non-hydrogen) atoms. The Labute approximate surface area is 114 Å². The summed E-state index contributed by atoms with van der Waals surface area (Å²) in [7, 11) is 0. The summed E-state index contributed by atoms with van der Waals surface area (Å²) < 4.78 is 1.90. The summed E-state index contributed by atoms with van der Waals surface area (Å²) in [5, 5.41) is 10.9. The van der Waals surface area contributed by atoms with Gasteiger partial charge in [0.1, 0.15) is 5.54 Å². The number of amidine groups is 1. The zero-order valence-electron chi connectivity index (χ0n) is 10.9. The molecule has 0 aliphatic carbocycles. The molecule has 0 fully saturated rings. The third-order valence-corrected chi connectivity index (χ3v) is 3.47. The molecule has 0 spiro atoms. The van der Waals surface area contributed by atoms with Gasteiger partial charge in [0.25, 0.3) is 5.69 Å². The van der Waals surface area contributed by atoms with E-state index in [-0.39, 0.29) is 5.69 Å². The Morgan fingerprint density at radius 3 is 3.05 bits per heavy atom. The molecule has 1 aliphatic heterocycles. The van der Waals surface area contributed by atoms with Gasteiger partial charge >= 0.3 is 0 Å². The van der Waals surface area contributed by atoms with Gasteiger partial charge in [-0.15, -0.1) is 0 Å². The van der Waals surface area contributed by atoms with E-state index in [4.69, 9.17) is 5.73 Å². The fourth-order valence-electron chi connectivity index (χ4n) is 2.46. The quantitative estimate of drug-likeness (QED) is 0.659. The van der Waals surface area contributed by atoms with Gasteiger partial charge in [-0.05, 0) is 12.5 Å². The van der Waals surface area contributed by atoms with Gasteiger partial charge in [0.05, 0.1) is 11.5 Å². The molecule has 0 saturated heterocycles. The number of aliphatic imine (C=N–C) groups is 1. The van der Waals surface area contributed by atoms with Crippen LogP contribution in [0.2, 0.25) is 0 Å². The third kappa shape index (κ3) is 1.83. The second-order valence-electron chi connectivity index (χ2n) is 4.96. The second-order valence-corrected chi connectivity index (χ2v) is 4.96. The Kier molecular flexibility index (Phi) is 2.56. The number of nitrogens with two attached hydrogens (primary N) is 1. The van der Waals surface area contributed by atoms with Crippen LogP contribution in [-0.4, -0.2) is 20.3 Å². The van der Waals surface area contributed by atoms with Crippen molar-refractivity contribution >= 4 is 11.5 Å². The van der Waals surface area contributed by atoms with Crippen LogP contribution in [0.1, 0.15) is 18.3 Å². The predicted octanol–water partition coefficient (Wildman–Crippen LogP) is 1.43. The van der Waals surface area contributed by atoms with E-state index in [1.807, 2.05) is 23.8 Å². The topological polar surface area (TPSA) is 99.3 Å². The highest BCUT2D eigenvalue weighted by molar-refractivity contribution is 5.95. The molecule has 0 bridgehead atoms. The van der Waals surface area contributed by atoms with Gasteiger partial charge in [0.2, 0.25) is 0 Å². The van der Waals surface area contributed by atoms with Crippen molar-refractivity contribution < 1.29 is 4.92 Å². The maximum absolute atomic E-state index is 10.9. The third-order valence-electron chi connectivity index (χ3n) is 3.47. The van der Waals surface area contributed by atoms with Crippen LogP contribution >= 0.6 is 0 Å². The molecule has 2 heterocycles. The van der Waals surface area contributed by atoms with Crippen molar-refractivity contribution in [1.82, 2.24) is 9.55 Å². The molecule has 1 aromatic heterocycles.